The van der Waals surface area contributed by atoms with E-state index < -0.39 is 8.56 Å². The van der Waals surface area contributed by atoms with Crippen LogP contribution in [0.5, 0.6) is 0 Å². The van der Waals surface area contributed by atoms with Crippen molar-refractivity contribution in [2.45, 2.75) is 83.7 Å². The van der Waals surface area contributed by atoms with Gasteiger partial charge in [0.05, 0.1) is 0 Å². The van der Waals surface area contributed by atoms with Gasteiger partial charge in [-0.25, -0.2) is 0 Å². The van der Waals surface area contributed by atoms with E-state index in [0.29, 0.717) is 0 Å². The molecule has 0 amide bonds. The summed E-state index contributed by atoms with van der Waals surface area (Å²) in [5.41, 5.74) is 0. The molecule has 5 heteroatoms. The molecule has 4 nitrogen and oxygen atoms in total. The average Bonchev–Trinajstić information content (AvgIpc) is 2.61. The lowest BCUT2D eigenvalue weighted by Crippen LogP contribution is -2.35. The van der Waals surface area contributed by atoms with Crippen LogP contribution in [0, 0.1) is 0 Å². The van der Waals surface area contributed by atoms with E-state index in [1.54, 1.807) is 14.2 Å². The van der Waals surface area contributed by atoms with E-state index in [2.05, 4.69) is 6.55 Å². The Kier molecular flexibility index (Phi) is 17.9. The van der Waals surface area contributed by atoms with Gasteiger partial charge in [-0.2, -0.15) is 0 Å². The maximum absolute atomic E-state index is 5.60. The van der Waals surface area contributed by atoms with Gasteiger partial charge in [-0.3, -0.25) is 0 Å². The van der Waals surface area contributed by atoms with Gasteiger partial charge < -0.3 is 18.3 Å². The molecule has 0 heterocycles. The van der Waals surface area contributed by atoms with E-state index in [0.717, 1.165) is 38.9 Å². The third-order valence-corrected chi connectivity index (χ3v) is 7.55. The van der Waals surface area contributed by atoms with Crippen LogP contribution in [0.25, 0.3) is 0 Å². The maximum Gasteiger partial charge on any atom is 0.334 e. The first-order valence-corrected chi connectivity index (χ1v) is 12.5. The van der Waals surface area contributed by atoms with Crippen LogP contribution in [0.1, 0.15) is 71.1 Å². The minimum absolute atomic E-state index is 0.807. The van der Waals surface area contributed by atoms with Gasteiger partial charge in [0.2, 0.25) is 0 Å². The molecule has 0 saturated heterocycles. The topological polar surface area (TPSA) is 36.9 Å². The largest absolute Gasteiger partial charge is 0.398 e. The summed E-state index contributed by atoms with van der Waals surface area (Å²) < 4.78 is 21.9. The molecule has 0 aromatic heterocycles. The summed E-state index contributed by atoms with van der Waals surface area (Å²) in [6.45, 7) is 7.56. The SMILES string of the molecule is CCOCCCOCCCCCCCCCCC[Si](C)(OC)OC. The lowest BCUT2D eigenvalue weighted by atomic mass is 10.1. The molecule has 0 unspecified atom stereocenters. The van der Waals surface area contributed by atoms with Crippen LogP contribution in [0.4, 0.5) is 0 Å². The fourth-order valence-corrected chi connectivity index (χ4v) is 4.15. The van der Waals surface area contributed by atoms with Crippen molar-refractivity contribution in [3.63, 3.8) is 0 Å². The van der Waals surface area contributed by atoms with Crippen molar-refractivity contribution < 1.29 is 18.3 Å². The molecule has 0 aliphatic heterocycles. The molecule has 146 valence electrons. The maximum atomic E-state index is 5.60. The fourth-order valence-electron chi connectivity index (χ4n) is 2.68. The zero-order valence-corrected chi connectivity index (χ0v) is 17.7. The summed E-state index contributed by atoms with van der Waals surface area (Å²) in [5, 5.41) is 0. The molecule has 0 fully saturated rings. The average molecular weight is 363 g/mol. The van der Waals surface area contributed by atoms with Crippen molar-refractivity contribution in [2.75, 3.05) is 40.6 Å². The Morgan fingerprint density at radius 1 is 0.583 bits per heavy atom. The van der Waals surface area contributed by atoms with Crippen molar-refractivity contribution in [1.82, 2.24) is 0 Å². The molecule has 0 atom stereocenters. The van der Waals surface area contributed by atoms with Crippen molar-refractivity contribution >= 4 is 8.56 Å². The Morgan fingerprint density at radius 2 is 1.04 bits per heavy atom. The quantitative estimate of drug-likeness (QED) is 0.231. The summed E-state index contributed by atoms with van der Waals surface area (Å²) in [5.74, 6) is 0. The Hall–Kier alpha value is 0.0569. The van der Waals surface area contributed by atoms with Gasteiger partial charge in [-0.1, -0.05) is 51.4 Å². The highest BCUT2D eigenvalue weighted by Gasteiger charge is 2.27. The van der Waals surface area contributed by atoms with E-state index in [4.69, 9.17) is 18.3 Å². The molecule has 0 radical (unpaired) electrons. The van der Waals surface area contributed by atoms with Crippen LogP contribution >= 0.6 is 0 Å². The second kappa shape index (κ2) is 17.9. The van der Waals surface area contributed by atoms with Crippen molar-refractivity contribution in [1.29, 1.82) is 0 Å². The van der Waals surface area contributed by atoms with E-state index in [-0.39, 0.29) is 0 Å². The van der Waals surface area contributed by atoms with Gasteiger partial charge in [-0.15, -0.1) is 0 Å². The minimum Gasteiger partial charge on any atom is -0.398 e. The third-order valence-electron chi connectivity index (χ3n) is 4.56. The molecule has 0 aliphatic rings. The number of ether oxygens (including phenoxy) is 2. The normalized spacial score (nSPS) is 12.0. The van der Waals surface area contributed by atoms with Crippen LogP contribution in [0.3, 0.4) is 0 Å². The second-order valence-corrected chi connectivity index (χ2v) is 10.2. The monoisotopic (exact) mass is 362 g/mol. The number of hydrogen-bond acceptors (Lipinski definition) is 4. The first-order chi connectivity index (χ1) is 11.7. The fraction of sp³-hybridized carbons (Fsp3) is 1.00. The lowest BCUT2D eigenvalue weighted by molar-refractivity contribution is 0.0860. The molecule has 0 N–H and O–H groups in total. The van der Waals surface area contributed by atoms with Gasteiger partial charge in [0.1, 0.15) is 0 Å². The molecule has 0 spiro atoms. The van der Waals surface area contributed by atoms with Crippen LogP contribution in [-0.2, 0) is 18.3 Å². The third kappa shape index (κ3) is 15.6. The Morgan fingerprint density at radius 3 is 1.58 bits per heavy atom. The molecule has 0 aromatic rings. The summed E-state index contributed by atoms with van der Waals surface area (Å²) >= 11 is 0. The summed E-state index contributed by atoms with van der Waals surface area (Å²) in [6.07, 6.45) is 12.9. The van der Waals surface area contributed by atoms with E-state index in [1.807, 2.05) is 6.92 Å². The Labute approximate surface area is 151 Å². The molecule has 0 aromatic carbocycles. The predicted molar refractivity (Wildman–Crippen MR) is 104 cm³/mol. The van der Waals surface area contributed by atoms with Crippen molar-refractivity contribution in [3.05, 3.63) is 0 Å². The predicted octanol–water partition coefficient (Wildman–Crippen LogP) is 5.31. The zero-order valence-electron chi connectivity index (χ0n) is 16.7. The molecular weight excluding hydrogens is 320 g/mol. The second-order valence-electron chi connectivity index (χ2n) is 6.64. The summed E-state index contributed by atoms with van der Waals surface area (Å²) in [4.78, 5) is 0. The minimum atomic E-state index is -1.82. The van der Waals surface area contributed by atoms with Crippen LogP contribution < -0.4 is 0 Å². The molecule has 0 aliphatic carbocycles. The van der Waals surface area contributed by atoms with Crippen LogP contribution in [0.2, 0.25) is 12.6 Å². The highest BCUT2D eigenvalue weighted by atomic mass is 28.4. The molecule has 24 heavy (non-hydrogen) atoms. The van der Waals surface area contributed by atoms with E-state index >= 15 is 0 Å². The molecule has 0 bridgehead atoms. The smallest absolute Gasteiger partial charge is 0.334 e. The first-order valence-electron chi connectivity index (χ1n) is 9.94. The summed E-state index contributed by atoms with van der Waals surface area (Å²) in [6, 6.07) is 1.12. The molecular formula is C19H42O4Si. The standard InChI is InChI=1S/C19H42O4Si/c1-5-22-17-15-18-23-16-13-11-9-7-6-8-10-12-14-19-24(4,20-2)21-3/h5-19H2,1-4H3. The van der Waals surface area contributed by atoms with Gasteiger partial charge in [0, 0.05) is 40.6 Å². The van der Waals surface area contributed by atoms with Gasteiger partial charge in [-0.05, 0) is 32.4 Å². The highest BCUT2D eigenvalue weighted by Crippen LogP contribution is 2.17. The van der Waals surface area contributed by atoms with E-state index in [1.165, 1.54) is 57.8 Å². The molecule has 0 saturated carbocycles. The van der Waals surface area contributed by atoms with Crippen LogP contribution in [-0.4, -0.2) is 49.2 Å². The van der Waals surface area contributed by atoms with Crippen LogP contribution in [0.15, 0.2) is 0 Å². The zero-order chi connectivity index (χ0) is 17.9. The first kappa shape index (κ1) is 24.1. The number of hydrogen-bond donors (Lipinski definition) is 0. The lowest BCUT2D eigenvalue weighted by Gasteiger charge is -2.22. The number of rotatable bonds is 19. The van der Waals surface area contributed by atoms with Crippen molar-refractivity contribution in [2.24, 2.45) is 0 Å². The summed E-state index contributed by atoms with van der Waals surface area (Å²) in [7, 11) is 1.74. The van der Waals surface area contributed by atoms with Crippen molar-refractivity contribution in [3.8, 4) is 0 Å². The van der Waals surface area contributed by atoms with Gasteiger partial charge >= 0.3 is 8.56 Å². The van der Waals surface area contributed by atoms with Gasteiger partial charge in [0.25, 0.3) is 0 Å². The van der Waals surface area contributed by atoms with E-state index in [9.17, 15) is 0 Å². The van der Waals surface area contributed by atoms with Gasteiger partial charge in [0.15, 0.2) is 0 Å². The number of unbranched alkanes of at least 4 members (excludes halogenated alkanes) is 8. The Bertz CT molecular complexity index is 248. The highest BCUT2D eigenvalue weighted by molar-refractivity contribution is 6.65. The Balaban J connectivity index is 3.13. The molecule has 0 rings (SSSR count).